The molecule has 5 heteroatoms. The SMILES string of the molecule is O=S1(=O)CCC(c2cnc[nH]2)C1. The topological polar surface area (TPSA) is 62.8 Å². The number of rotatable bonds is 1. The van der Waals surface area contributed by atoms with Gasteiger partial charge >= 0.3 is 0 Å². The number of hydrogen-bond acceptors (Lipinski definition) is 3. The van der Waals surface area contributed by atoms with Crippen LogP contribution in [0.4, 0.5) is 0 Å². The van der Waals surface area contributed by atoms with Crippen molar-refractivity contribution < 1.29 is 8.42 Å². The van der Waals surface area contributed by atoms with Crippen LogP contribution >= 0.6 is 0 Å². The summed E-state index contributed by atoms with van der Waals surface area (Å²) in [4.78, 5) is 6.81. The average Bonchev–Trinajstić information content (AvgIpc) is 2.55. The Kier molecular flexibility index (Phi) is 1.68. The zero-order valence-electron chi connectivity index (χ0n) is 6.53. The molecule has 2 heterocycles. The summed E-state index contributed by atoms with van der Waals surface area (Å²) >= 11 is 0. The van der Waals surface area contributed by atoms with Gasteiger partial charge in [0.25, 0.3) is 0 Å². The third kappa shape index (κ3) is 1.36. The van der Waals surface area contributed by atoms with Crippen LogP contribution in [0.3, 0.4) is 0 Å². The lowest BCUT2D eigenvalue weighted by Gasteiger charge is -2.01. The Labute approximate surface area is 70.9 Å². The smallest absolute Gasteiger partial charge is 0.151 e. The molecular formula is C7H10N2O2S. The van der Waals surface area contributed by atoms with Crippen LogP contribution in [0, 0.1) is 0 Å². The molecule has 1 aliphatic heterocycles. The fraction of sp³-hybridized carbons (Fsp3) is 0.571. The quantitative estimate of drug-likeness (QED) is 0.686. The molecule has 1 fully saturated rings. The maximum atomic E-state index is 11.1. The highest BCUT2D eigenvalue weighted by molar-refractivity contribution is 7.91. The summed E-state index contributed by atoms with van der Waals surface area (Å²) < 4.78 is 22.2. The van der Waals surface area contributed by atoms with Crippen LogP contribution in [-0.2, 0) is 9.84 Å². The molecule has 1 aliphatic rings. The molecule has 1 atom stereocenters. The Bertz CT molecular complexity index is 355. The lowest BCUT2D eigenvalue weighted by atomic mass is 10.1. The highest BCUT2D eigenvalue weighted by atomic mass is 32.2. The lowest BCUT2D eigenvalue weighted by molar-refractivity contribution is 0.601. The van der Waals surface area contributed by atoms with Crippen LogP contribution in [0.2, 0.25) is 0 Å². The number of aromatic amines is 1. The highest BCUT2D eigenvalue weighted by Crippen LogP contribution is 2.26. The molecule has 66 valence electrons. The maximum Gasteiger partial charge on any atom is 0.151 e. The molecule has 2 rings (SSSR count). The summed E-state index contributed by atoms with van der Waals surface area (Å²) in [5.41, 5.74) is 0.941. The van der Waals surface area contributed by atoms with E-state index < -0.39 is 9.84 Å². The van der Waals surface area contributed by atoms with Crippen molar-refractivity contribution >= 4 is 9.84 Å². The monoisotopic (exact) mass is 186 g/mol. The van der Waals surface area contributed by atoms with Crippen molar-refractivity contribution in [3.63, 3.8) is 0 Å². The van der Waals surface area contributed by atoms with Crippen molar-refractivity contribution in [1.29, 1.82) is 0 Å². The molecule has 0 radical (unpaired) electrons. The van der Waals surface area contributed by atoms with Gasteiger partial charge in [-0.05, 0) is 6.42 Å². The molecule has 0 aromatic carbocycles. The minimum atomic E-state index is -2.77. The van der Waals surface area contributed by atoms with E-state index in [1.165, 1.54) is 0 Å². The van der Waals surface area contributed by atoms with E-state index >= 15 is 0 Å². The first-order valence-corrected chi connectivity index (χ1v) is 5.68. The summed E-state index contributed by atoms with van der Waals surface area (Å²) in [6.45, 7) is 0. The van der Waals surface area contributed by atoms with Gasteiger partial charge in [-0.25, -0.2) is 13.4 Å². The molecule has 0 aliphatic carbocycles. The molecule has 0 saturated carbocycles. The molecule has 1 N–H and O–H groups in total. The Morgan fingerprint density at radius 2 is 2.42 bits per heavy atom. The molecule has 1 aromatic rings. The predicted octanol–water partition coefficient (Wildman–Crippen LogP) is 0.312. The molecule has 1 aromatic heterocycles. The van der Waals surface area contributed by atoms with Crippen molar-refractivity contribution in [2.75, 3.05) is 11.5 Å². The van der Waals surface area contributed by atoms with Gasteiger partial charge in [-0.3, -0.25) is 0 Å². The van der Waals surface area contributed by atoms with Gasteiger partial charge in [0.2, 0.25) is 0 Å². The van der Waals surface area contributed by atoms with Gasteiger partial charge in [0.15, 0.2) is 9.84 Å². The second-order valence-corrected chi connectivity index (χ2v) is 5.34. The minimum Gasteiger partial charge on any atom is -0.348 e. The number of sulfone groups is 1. The molecule has 0 bridgehead atoms. The number of H-pyrrole nitrogens is 1. The van der Waals surface area contributed by atoms with Gasteiger partial charge in [-0.1, -0.05) is 0 Å². The van der Waals surface area contributed by atoms with Crippen LogP contribution in [-0.4, -0.2) is 29.9 Å². The Morgan fingerprint density at radius 3 is 2.92 bits per heavy atom. The summed E-state index contributed by atoms with van der Waals surface area (Å²) in [6.07, 6.45) is 4.01. The zero-order valence-corrected chi connectivity index (χ0v) is 7.34. The van der Waals surface area contributed by atoms with E-state index in [1.54, 1.807) is 12.5 Å². The van der Waals surface area contributed by atoms with Gasteiger partial charge in [0, 0.05) is 17.8 Å². The first-order valence-electron chi connectivity index (χ1n) is 3.86. The van der Waals surface area contributed by atoms with E-state index in [1.807, 2.05) is 0 Å². The summed E-state index contributed by atoms with van der Waals surface area (Å²) in [6, 6.07) is 0. The molecule has 0 amide bonds. The second kappa shape index (κ2) is 2.58. The first kappa shape index (κ1) is 7.79. The number of nitrogens with zero attached hydrogens (tertiary/aromatic N) is 1. The third-order valence-corrected chi connectivity index (χ3v) is 3.96. The number of imidazole rings is 1. The van der Waals surface area contributed by atoms with E-state index in [4.69, 9.17) is 0 Å². The molecule has 1 unspecified atom stereocenters. The van der Waals surface area contributed by atoms with E-state index in [-0.39, 0.29) is 11.7 Å². The van der Waals surface area contributed by atoms with E-state index in [0.29, 0.717) is 5.75 Å². The van der Waals surface area contributed by atoms with Crippen molar-refractivity contribution in [3.8, 4) is 0 Å². The standard InChI is InChI=1S/C7H10N2O2S/c10-12(11)2-1-6(4-12)7-3-8-5-9-7/h3,5-6H,1-2,4H2,(H,8,9). The van der Waals surface area contributed by atoms with Crippen LogP contribution in [0.25, 0.3) is 0 Å². The average molecular weight is 186 g/mol. The van der Waals surface area contributed by atoms with E-state index in [0.717, 1.165) is 12.1 Å². The lowest BCUT2D eigenvalue weighted by Crippen LogP contribution is -2.03. The molecule has 4 nitrogen and oxygen atoms in total. The van der Waals surface area contributed by atoms with Gasteiger partial charge in [-0.2, -0.15) is 0 Å². The second-order valence-electron chi connectivity index (χ2n) is 3.11. The minimum absolute atomic E-state index is 0.137. The third-order valence-electron chi connectivity index (χ3n) is 2.19. The summed E-state index contributed by atoms with van der Waals surface area (Å²) in [5.74, 6) is 0.726. The summed E-state index contributed by atoms with van der Waals surface area (Å²) in [7, 11) is -2.77. The Morgan fingerprint density at radius 1 is 1.58 bits per heavy atom. The summed E-state index contributed by atoms with van der Waals surface area (Å²) in [5, 5.41) is 0. The number of aromatic nitrogens is 2. The Balaban J connectivity index is 2.21. The maximum absolute atomic E-state index is 11.1. The van der Waals surface area contributed by atoms with Crippen molar-refractivity contribution in [2.24, 2.45) is 0 Å². The van der Waals surface area contributed by atoms with E-state index in [9.17, 15) is 8.42 Å². The van der Waals surface area contributed by atoms with Crippen LogP contribution in [0.15, 0.2) is 12.5 Å². The first-order chi connectivity index (χ1) is 5.67. The van der Waals surface area contributed by atoms with E-state index in [2.05, 4.69) is 9.97 Å². The van der Waals surface area contributed by atoms with Gasteiger partial charge < -0.3 is 4.98 Å². The fourth-order valence-corrected chi connectivity index (χ4v) is 3.30. The van der Waals surface area contributed by atoms with Gasteiger partial charge in [-0.15, -0.1) is 0 Å². The fourth-order valence-electron chi connectivity index (χ4n) is 1.53. The van der Waals surface area contributed by atoms with Crippen LogP contribution < -0.4 is 0 Å². The molecular weight excluding hydrogens is 176 g/mol. The Hall–Kier alpha value is -0.840. The van der Waals surface area contributed by atoms with Crippen molar-refractivity contribution in [3.05, 3.63) is 18.2 Å². The number of nitrogens with one attached hydrogen (secondary N) is 1. The van der Waals surface area contributed by atoms with Crippen LogP contribution in [0.1, 0.15) is 18.0 Å². The number of hydrogen-bond donors (Lipinski definition) is 1. The largest absolute Gasteiger partial charge is 0.348 e. The van der Waals surface area contributed by atoms with Gasteiger partial charge in [0.05, 0.1) is 17.8 Å². The van der Waals surface area contributed by atoms with Crippen molar-refractivity contribution in [1.82, 2.24) is 9.97 Å². The van der Waals surface area contributed by atoms with Gasteiger partial charge in [0.1, 0.15) is 0 Å². The normalized spacial score (nSPS) is 27.5. The van der Waals surface area contributed by atoms with Crippen LogP contribution in [0.5, 0.6) is 0 Å². The van der Waals surface area contributed by atoms with Crippen molar-refractivity contribution in [2.45, 2.75) is 12.3 Å². The molecule has 1 saturated heterocycles. The zero-order chi connectivity index (χ0) is 8.60. The molecule has 0 spiro atoms. The highest BCUT2D eigenvalue weighted by Gasteiger charge is 2.29. The molecule has 12 heavy (non-hydrogen) atoms. The predicted molar refractivity (Wildman–Crippen MR) is 44.6 cm³/mol.